The van der Waals surface area contributed by atoms with Crippen LogP contribution in [0.4, 0.5) is 0 Å². The quantitative estimate of drug-likeness (QED) is 0.861. The Morgan fingerprint density at radius 1 is 1.11 bits per heavy atom. The molecule has 100 valence electrons. The highest BCUT2D eigenvalue weighted by Crippen LogP contribution is 2.25. The molecule has 0 saturated heterocycles. The first-order chi connectivity index (χ1) is 9.20. The van der Waals surface area contributed by atoms with Crippen LogP contribution >= 0.6 is 11.6 Å². The van der Waals surface area contributed by atoms with Gasteiger partial charge in [0.1, 0.15) is 0 Å². The molecular formula is C17H20ClN. The summed E-state index contributed by atoms with van der Waals surface area (Å²) >= 11 is 6.34. The molecule has 0 spiro atoms. The Labute approximate surface area is 120 Å². The fourth-order valence-electron chi connectivity index (χ4n) is 2.36. The molecule has 2 aromatic carbocycles. The van der Waals surface area contributed by atoms with Gasteiger partial charge >= 0.3 is 0 Å². The zero-order chi connectivity index (χ0) is 13.7. The summed E-state index contributed by atoms with van der Waals surface area (Å²) in [5.74, 6) is 0.450. The summed E-state index contributed by atoms with van der Waals surface area (Å²) in [5, 5.41) is 4.15. The second-order valence-corrected chi connectivity index (χ2v) is 5.37. The van der Waals surface area contributed by atoms with Crippen LogP contribution in [0.15, 0.2) is 48.5 Å². The zero-order valence-electron chi connectivity index (χ0n) is 11.5. The number of rotatable bonds is 5. The van der Waals surface area contributed by atoms with Crippen LogP contribution in [0.2, 0.25) is 5.02 Å². The maximum Gasteiger partial charge on any atom is 0.0440 e. The average Bonchev–Trinajstić information content (AvgIpc) is 2.42. The highest BCUT2D eigenvalue weighted by Gasteiger charge is 2.13. The number of hydrogen-bond acceptors (Lipinski definition) is 1. The van der Waals surface area contributed by atoms with Gasteiger partial charge in [-0.25, -0.2) is 0 Å². The number of likely N-dealkylation sites (N-methyl/N-ethyl adjacent to an activating group) is 1. The Hall–Kier alpha value is -1.31. The average molecular weight is 274 g/mol. The number of nitrogens with one attached hydrogen (secondary N) is 1. The smallest absolute Gasteiger partial charge is 0.0440 e. The van der Waals surface area contributed by atoms with Gasteiger partial charge in [-0.3, -0.25) is 0 Å². The van der Waals surface area contributed by atoms with Crippen molar-refractivity contribution in [3.05, 3.63) is 70.2 Å². The minimum Gasteiger partial charge on any atom is -0.319 e. The van der Waals surface area contributed by atoms with Crippen molar-refractivity contribution in [2.75, 3.05) is 13.6 Å². The minimum absolute atomic E-state index is 0.450. The van der Waals surface area contributed by atoms with E-state index in [4.69, 9.17) is 11.6 Å². The Balaban J connectivity index is 2.21. The first kappa shape index (κ1) is 14.1. The SMILES string of the molecule is CNCC(Cc1ccc(C)cc1Cl)c1ccccc1. The summed E-state index contributed by atoms with van der Waals surface area (Å²) in [6, 6.07) is 16.9. The van der Waals surface area contributed by atoms with Crippen LogP contribution in [0.3, 0.4) is 0 Å². The Kier molecular flexibility index (Phi) is 5.00. The molecular weight excluding hydrogens is 254 g/mol. The van der Waals surface area contributed by atoms with Gasteiger partial charge in [-0.05, 0) is 43.1 Å². The van der Waals surface area contributed by atoms with Gasteiger partial charge in [0.15, 0.2) is 0 Å². The van der Waals surface area contributed by atoms with Gasteiger partial charge in [0.05, 0.1) is 0 Å². The summed E-state index contributed by atoms with van der Waals surface area (Å²) in [7, 11) is 1.99. The molecule has 1 N–H and O–H groups in total. The van der Waals surface area contributed by atoms with E-state index in [9.17, 15) is 0 Å². The van der Waals surface area contributed by atoms with E-state index in [2.05, 4.69) is 54.7 Å². The van der Waals surface area contributed by atoms with Gasteiger partial charge in [-0.2, -0.15) is 0 Å². The highest BCUT2D eigenvalue weighted by atomic mass is 35.5. The van der Waals surface area contributed by atoms with Gasteiger partial charge in [0.25, 0.3) is 0 Å². The van der Waals surface area contributed by atoms with Crippen molar-refractivity contribution in [2.24, 2.45) is 0 Å². The van der Waals surface area contributed by atoms with Crippen molar-refractivity contribution in [3.63, 3.8) is 0 Å². The van der Waals surface area contributed by atoms with E-state index in [-0.39, 0.29) is 0 Å². The fraction of sp³-hybridized carbons (Fsp3) is 0.294. The first-order valence-electron chi connectivity index (χ1n) is 6.65. The molecule has 0 aromatic heterocycles. The monoisotopic (exact) mass is 273 g/mol. The molecule has 0 bridgehead atoms. The molecule has 2 heteroatoms. The van der Waals surface area contributed by atoms with E-state index in [1.807, 2.05) is 13.1 Å². The lowest BCUT2D eigenvalue weighted by Crippen LogP contribution is -2.19. The van der Waals surface area contributed by atoms with Crippen LogP contribution < -0.4 is 5.32 Å². The zero-order valence-corrected chi connectivity index (χ0v) is 12.2. The predicted molar refractivity (Wildman–Crippen MR) is 83.0 cm³/mol. The molecule has 0 fully saturated rings. The predicted octanol–water partition coefficient (Wildman–Crippen LogP) is 4.19. The van der Waals surface area contributed by atoms with Crippen molar-refractivity contribution < 1.29 is 0 Å². The van der Waals surface area contributed by atoms with Gasteiger partial charge in [0, 0.05) is 17.5 Å². The van der Waals surface area contributed by atoms with Crippen molar-refractivity contribution in [2.45, 2.75) is 19.3 Å². The second-order valence-electron chi connectivity index (χ2n) is 4.96. The van der Waals surface area contributed by atoms with Crippen LogP contribution in [-0.4, -0.2) is 13.6 Å². The van der Waals surface area contributed by atoms with Crippen molar-refractivity contribution in [1.82, 2.24) is 5.32 Å². The molecule has 19 heavy (non-hydrogen) atoms. The summed E-state index contributed by atoms with van der Waals surface area (Å²) in [4.78, 5) is 0. The molecule has 0 saturated carbocycles. The van der Waals surface area contributed by atoms with Crippen LogP contribution in [0, 0.1) is 6.92 Å². The molecule has 0 heterocycles. The van der Waals surface area contributed by atoms with Crippen LogP contribution in [0.5, 0.6) is 0 Å². The number of benzene rings is 2. The number of halogens is 1. The van der Waals surface area contributed by atoms with E-state index in [1.165, 1.54) is 16.7 Å². The summed E-state index contributed by atoms with van der Waals surface area (Å²) in [6.45, 7) is 3.02. The topological polar surface area (TPSA) is 12.0 Å². The molecule has 1 atom stereocenters. The largest absolute Gasteiger partial charge is 0.319 e. The van der Waals surface area contributed by atoms with E-state index in [0.717, 1.165) is 18.0 Å². The van der Waals surface area contributed by atoms with E-state index in [0.29, 0.717) is 5.92 Å². The van der Waals surface area contributed by atoms with Gasteiger partial charge in [-0.1, -0.05) is 54.1 Å². The third-order valence-electron chi connectivity index (χ3n) is 3.40. The Bertz CT molecular complexity index is 522. The van der Waals surface area contributed by atoms with Crippen molar-refractivity contribution in [3.8, 4) is 0 Å². The van der Waals surface area contributed by atoms with Crippen molar-refractivity contribution in [1.29, 1.82) is 0 Å². The Morgan fingerprint density at radius 3 is 2.47 bits per heavy atom. The molecule has 2 aromatic rings. The molecule has 0 aliphatic carbocycles. The van der Waals surface area contributed by atoms with Crippen LogP contribution in [0.1, 0.15) is 22.6 Å². The lowest BCUT2D eigenvalue weighted by molar-refractivity contribution is 0.626. The maximum absolute atomic E-state index is 6.34. The van der Waals surface area contributed by atoms with Gasteiger partial charge in [0.2, 0.25) is 0 Å². The summed E-state index contributed by atoms with van der Waals surface area (Å²) < 4.78 is 0. The molecule has 2 rings (SSSR count). The molecule has 0 aliphatic heterocycles. The van der Waals surface area contributed by atoms with Crippen LogP contribution in [0.25, 0.3) is 0 Å². The summed E-state index contributed by atoms with van der Waals surface area (Å²) in [5.41, 5.74) is 3.78. The molecule has 0 aliphatic rings. The summed E-state index contributed by atoms with van der Waals surface area (Å²) in [6.07, 6.45) is 0.962. The molecule has 1 nitrogen and oxygen atoms in total. The molecule has 1 unspecified atom stereocenters. The van der Waals surface area contributed by atoms with Crippen LogP contribution in [-0.2, 0) is 6.42 Å². The highest BCUT2D eigenvalue weighted by molar-refractivity contribution is 6.31. The standard InChI is InChI=1S/C17H20ClN/c1-13-8-9-15(17(18)10-13)11-16(12-19-2)14-6-4-3-5-7-14/h3-10,16,19H,11-12H2,1-2H3. The maximum atomic E-state index is 6.34. The first-order valence-corrected chi connectivity index (χ1v) is 7.03. The van der Waals surface area contributed by atoms with Gasteiger partial charge in [-0.15, -0.1) is 0 Å². The lowest BCUT2D eigenvalue weighted by atomic mass is 9.91. The Morgan fingerprint density at radius 2 is 1.84 bits per heavy atom. The molecule has 0 radical (unpaired) electrons. The minimum atomic E-state index is 0.450. The number of hydrogen-bond donors (Lipinski definition) is 1. The van der Waals surface area contributed by atoms with Gasteiger partial charge < -0.3 is 5.32 Å². The molecule has 0 amide bonds. The third kappa shape index (κ3) is 3.82. The lowest BCUT2D eigenvalue weighted by Gasteiger charge is -2.18. The normalized spacial score (nSPS) is 12.4. The van der Waals surface area contributed by atoms with E-state index in [1.54, 1.807) is 0 Å². The van der Waals surface area contributed by atoms with E-state index < -0.39 is 0 Å². The second kappa shape index (κ2) is 6.74. The van der Waals surface area contributed by atoms with E-state index >= 15 is 0 Å². The third-order valence-corrected chi connectivity index (χ3v) is 3.75. The van der Waals surface area contributed by atoms with Crippen molar-refractivity contribution >= 4 is 11.6 Å². The number of aryl methyl sites for hydroxylation is 1. The fourth-order valence-corrected chi connectivity index (χ4v) is 2.68.